The van der Waals surface area contributed by atoms with Crippen LogP contribution in [0, 0.1) is 0 Å². The Hall–Kier alpha value is -0.770. The fraction of sp³-hybridized carbons (Fsp3) is 0.875. The zero-order chi connectivity index (χ0) is 8.60. The van der Waals surface area contributed by atoms with Crippen LogP contribution >= 0.6 is 0 Å². The third kappa shape index (κ3) is 1.27. The number of hydrogen-bond acceptors (Lipinski definition) is 4. The Kier molecular flexibility index (Phi) is 1.72. The van der Waals surface area contributed by atoms with E-state index in [1.165, 1.54) is 0 Å². The minimum atomic E-state index is 0.0244. The summed E-state index contributed by atoms with van der Waals surface area (Å²) in [5.41, 5.74) is 5.51. The van der Waals surface area contributed by atoms with Gasteiger partial charge in [-0.3, -0.25) is 0 Å². The summed E-state index contributed by atoms with van der Waals surface area (Å²) in [6, 6.07) is 0.375. The molecule has 0 aromatic rings. The van der Waals surface area contributed by atoms with Crippen molar-refractivity contribution < 1.29 is 4.74 Å². The fourth-order valence-corrected chi connectivity index (χ4v) is 1.80. The molecule has 1 saturated heterocycles. The van der Waals surface area contributed by atoms with Gasteiger partial charge in [-0.25, -0.2) is 4.99 Å². The normalized spacial score (nSPS) is 28.6. The molecule has 0 aliphatic carbocycles. The Bertz CT molecular complexity index is 206. The van der Waals surface area contributed by atoms with Crippen molar-refractivity contribution in [3.63, 3.8) is 0 Å². The summed E-state index contributed by atoms with van der Waals surface area (Å²) in [4.78, 5) is 6.67. The molecule has 0 amide bonds. The molecule has 2 aliphatic rings. The van der Waals surface area contributed by atoms with Crippen LogP contribution in [0.15, 0.2) is 4.99 Å². The lowest BCUT2D eigenvalue weighted by Crippen LogP contribution is -2.42. The molecule has 68 valence electrons. The predicted molar refractivity (Wildman–Crippen MR) is 47.0 cm³/mol. The molecule has 0 radical (unpaired) electrons. The van der Waals surface area contributed by atoms with Gasteiger partial charge in [-0.05, 0) is 19.9 Å². The number of ether oxygens (including phenoxy) is 1. The summed E-state index contributed by atoms with van der Waals surface area (Å²) >= 11 is 0. The van der Waals surface area contributed by atoms with Crippen LogP contribution in [0.4, 0.5) is 0 Å². The topological polar surface area (TPSA) is 50.9 Å². The molecule has 4 nitrogen and oxygen atoms in total. The van der Waals surface area contributed by atoms with Crippen LogP contribution in [-0.2, 0) is 4.74 Å². The molecule has 4 heteroatoms. The van der Waals surface area contributed by atoms with Crippen LogP contribution in [0.3, 0.4) is 0 Å². The van der Waals surface area contributed by atoms with Crippen molar-refractivity contribution in [1.82, 2.24) is 4.90 Å². The fourth-order valence-electron chi connectivity index (χ4n) is 1.80. The molecule has 0 aromatic heterocycles. The van der Waals surface area contributed by atoms with E-state index < -0.39 is 0 Å². The van der Waals surface area contributed by atoms with Crippen LogP contribution < -0.4 is 5.73 Å². The first-order valence-corrected chi connectivity index (χ1v) is 4.37. The highest BCUT2D eigenvalue weighted by molar-refractivity contribution is 5.73. The maximum absolute atomic E-state index is 5.49. The van der Waals surface area contributed by atoms with E-state index in [4.69, 9.17) is 10.5 Å². The number of piperidine rings is 1. The lowest BCUT2D eigenvalue weighted by Gasteiger charge is -2.33. The summed E-state index contributed by atoms with van der Waals surface area (Å²) < 4.78 is 5.19. The number of nitrogens with two attached hydrogens (primary N) is 1. The van der Waals surface area contributed by atoms with Gasteiger partial charge in [0.05, 0.1) is 0 Å². The third-order valence-corrected chi connectivity index (χ3v) is 2.75. The first kappa shape index (κ1) is 7.86. The van der Waals surface area contributed by atoms with Crippen molar-refractivity contribution >= 4 is 6.02 Å². The molecule has 2 heterocycles. The molecule has 2 rings (SSSR count). The van der Waals surface area contributed by atoms with E-state index in [1.807, 2.05) is 0 Å². The first-order chi connectivity index (χ1) is 5.70. The van der Waals surface area contributed by atoms with E-state index in [-0.39, 0.29) is 5.54 Å². The van der Waals surface area contributed by atoms with Gasteiger partial charge in [0.2, 0.25) is 0 Å². The summed E-state index contributed by atoms with van der Waals surface area (Å²) in [5.74, 6) is 0. The Morgan fingerprint density at radius 1 is 1.50 bits per heavy atom. The van der Waals surface area contributed by atoms with E-state index in [0.29, 0.717) is 12.6 Å². The molecular weight excluding hydrogens is 154 g/mol. The number of likely N-dealkylation sites (tertiary alicyclic amines) is 1. The van der Waals surface area contributed by atoms with Gasteiger partial charge in [0.15, 0.2) is 0 Å². The minimum absolute atomic E-state index is 0.0244. The number of aliphatic imine (C=N–C) groups is 1. The number of amidine groups is 1. The summed E-state index contributed by atoms with van der Waals surface area (Å²) in [5, 5.41) is 0. The number of hydrogen-bond donors (Lipinski definition) is 1. The third-order valence-electron chi connectivity index (χ3n) is 2.75. The SMILES string of the molecule is CN1CCC2(CC1)COC(N)=N2. The molecular formula is C8H15N3O. The highest BCUT2D eigenvalue weighted by atomic mass is 16.5. The van der Waals surface area contributed by atoms with Crippen molar-refractivity contribution in [2.75, 3.05) is 26.7 Å². The minimum Gasteiger partial charge on any atom is -0.463 e. The molecule has 0 atom stereocenters. The molecule has 12 heavy (non-hydrogen) atoms. The zero-order valence-electron chi connectivity index (χ0n) is 7.42. The monoisotopic (exact) mass is 169 g/mol. The predicted octanol–water partition coefficient (Wildman–Crippen LogP) is -0.204. The van der Waals surface area contributed by atoms with Gasteiger partial charge in [0.1, 0.15) is 12.1 Å². The standard InChI is InChI=1S/C8H15N3O/c1-11-4-2-8(3-5-11)6-12-7(9)10-8/h2-6H2,1H3,(H2,9,10). The van der Waals surface area contributed by atoms with Crippen molar-refractivity contribution in [2.45, 2.75) is 18.4 Å². The van der Waals surface area contributed by atoms with E-state index in [9.17, 15) is 0 Å². The lowest BCUT2D eigenvalue weighted by atomic mass is 9.90. The van der Waals surface area contributed by atoms with Gasteiger partial charge < -0.3 is 15.4 Å². The second-order valence-electron chi connectivity index (χ2n) is 3.77. The van der Waals surface area contributed by atoms with Crippen molar-refractivity contribution in [3.05, 3.63) is 0 Å². The van der Waals surface area contributed by atoms with E-state index in [2.05, 4.69) is 16.9 Å². The lowest BCUT2D eigenvalue weighted by molar-refractivity contribution is 0.154. The second kappa shape index (κ2) is 2.62. The second-order valence-corrected chi connectivity index (χ2v) is 3.77. The molecule has 1 spiro atoms. The van der Waals surface area contributed by atoms with Gasteiger partial charge in [-0.1, -0.05) is 0 Å². The molecule has 0 bridgehead atoms. The maximum atomic E-state index is 5.49. The van der Waals surface area contributed by atoms with Gasteiger partial charge in [0, 0.05) is 13.1 Å². The first-order valence-electron chi connectivity index (χ1n) is 4.37. The van der Waals surface area contributed by atoms with Crippen molar-refractivity contribution in [1.29, 1.82) is 0 Å². The van der Waals surface area contributed by atoms with Crippen LogP contribution in [0.1, 0.15) is 12.8 Å². The van der Waals surface area contributed by atoms with Gasteiger partial charge in [-0.15, -0.1) is 0 Å². The van der Waals surface area contributed by atoms with Gasteiger partial charge in [-0.2, -0.15) is 0 Å². The summed E-state index contributed by atoms with van der Waals surface area (Å²) in [7, 11) is 2.13. The van der Waals surface area contributed by atoms with Gasteiger partial charge in [0.25, 0.3) is 6.02 Å². The van der Waals surface area contributed by atoms with Crippen molar-refractivity contribution in [2.24, 2.45) is 10.7 Å². The molecule has 0 saturated carbocycles. The molecule has 1 fully saturated rings. The summed E-state index contributed by atoms with van der Waals surface area (Å²) in [6.07, 6.45) is 2.15. The quantitative estimate of drug-likeness (QED) is 0.546. The molecule has 0 unspecified atom stereocenters. The average molecular weight is 169 g/mol. The molecule has 0 aromatic carbocycles. The van der Waals surface area contributed by atoms with Crippen LogP contribution in [0.2, 0.25) is 0 Å². The van der Waals surface area contributed by atoms with Crippen LogP contribution in [-0.4, -0.2) is 43.2 Å². The highest BCUT2D eigenvalue weighted by Gasteiger charge is 2.38. The number of nitrogens with zero attached hydrogens (tertiary/aromatic N) is 2. The smallest absolute Gasteiger partial charge is 0.282 e. The molecule has 2 aliphatic heterocycles. The Morgan fingerprint density at radius 2 is 2.17 bits per heavy atom. The van der Waals surface area contributed by atoms with Crippen LogP contribution in [0.5, 0.6) is 0 Å². The Morgan fingerprint density at radius 3 is 2.67 bits per heavy atom. The van der Waals surface area contributed by atoms with Crippen LogP contribution in [0.25, 0.3) is 0 Å². The average Bonchev–Trinajstić information content (AvgIpc) is 2.40. The molecule has 2 N–H and O–H groups in total. The zero-order valence-corrected chi connectivity index (χ0v) is 7.42. The largest absolute Gasteiger partial charge is 0.463 e. The maximum Gasteiger partial charge on any atom is 0.282 e. The van der Waals surface area contributed by atoms with E-state index in [1.54, 1.807) is 0 Å². The summed E-state index contributed by atoms with van der Waals surface area (Å²) in [6.45, 7) is 2.88. The van der Waals surface area contributed by atoms with Gasteiger partial charge >= 0.3 is 0 Å². The highest BCUT2D eigenvalue weighted by Crippen LogP contribution is 2.29. The van der Waals surface area contributed by atoms with Crippen molar-refractivity contribution in [3.8, 4) is 0 Å². The van der Waals surface area contributed by atoms with E-state index in [0.717, 1.165) is 25.9 Å². The Labute approximate surface area is 72.4 Å². The number of rotatable bonds is 0. The Balaban J connectivity index is 2.04. The van der Waals surface area contributed by atoms with E-state index >= 15 is 0 Å².